The second kappa shape index (κ2) is 5.23. The van der Waals surface area contributed by atoms with Crippen LogP contribution in [0.25, 0.3) is 10.8 Å². The van der Waals surface area contributed by atoms with Crippen molar-refractivity contribution in [2.45, 2.75) is 59.7 Å². The van der Waals surface area contributed by atoms with Crippen LogP contribution in [0.1, 0.15) is 38.3 Å². The van der Waals surface area contributed by atoms with Gasteiger partial charge in [0, 0.05) is 0 Å². The summed E-state index contributed by atoms with van der Waals surface area (Å²) in [5.74, 6) is 0.816. The van der Waals surface area contributed by atoms with Gasteiger partial charge in [-0.15, -0.1) is 0 Å². The van der Waals surface area contributed by atoms with Crippen LogP contribution in [-0.2, 0) is 12.8 Å². The van der Waals surface area contributed by atoms with Crippen LogP contribution in [0, 0.1) is 11.3 Å². The molecule has 3 rings (SSSR count). The van der Waals surface area contributed by atoms with Crippen molar-refractivity contribution in [2.75, 3.05) is 0 Å². The summed E-state index contributed by atoms with van der Waals surface area (Å²) in [7, 11) is -1.32. The van der Waals surface area contributed by atoms with E-state index in [4.69, 9.17) is 0 Å². The van der Waals surface area contributed by atoms with Crippen molar-refractivity contribution in [1.82, 2.24) is 0 Å². The Morgan fingerprint density at radius 2 is 1.68 bits per heavy atom. The summed E-state index contributed by atoms with van der Waals surface area (Å²) in [5.41, 5.74) is 3.79. The van der Waals surface area contributed by atoms with Crippen molar-refractivity contribution in [2.24, 2.45) is 11.3 Å². The summed E-state index contributed by atoms with van der Waals surface area (Å²) in [6.45, 7) is 14.7. The molecule has 0 amide bonds. The predicted octanol–water partition coefficient (Wildman–Crippen LogP) is 5.54. The molecule has 22 heavy (non-hydrogen) atoms. The van der Waals surface area contributed by atoms with Gasteiger partial charge in [0.25, 0.3) is 0 Å². The van der Waals surface area contributed by atoms with Crippen LogP contribution in [0.15, 0.2) is 30.3 Å². The Morgan fingerprint density at radius 3 is 2.32 bits per heavy atom. The minimum absolute atomic E-state index is 0.417. The van der Waals surface area contributed by atoms with Gasteiger partial charge in [-0.2, -0.15) is 0 Å². The van der Waals surface area contributed by atoms with Crippen LogP contribution in [0.3, 0.4) is 0 Å². The normalized spacial score (nSPS) is 19.3. The van der Waals surface area contributed by atoms with E-state index in [0.29, 0.717) is 5.41 Å². The molecule has 2 aromatic carbocycles. The number of hydrogen-bond donors (Lipinski definition) is 0. The first-order valence-corrected chi connectivity index (χ1v) is 12.2. The Hall–Kier alpha value is -1.08. The molecule has 0 saturated carbocycles. The van der Waals surface area contributed by atoms with Gasteiger partial charge in [0.05, 0.1) is 8.07 Å². The smallest absolute Gasteiger partial charge is 0.0656 e. The Balaban J connectivity index is 2.23. The number of rotatable bonds is 1. The Labute approximate surface area is 137 Å². The van der Waals surface area contributed by atoms with Crippen LogP contribution in [-0.4, -0.2) is 8.07 Å². The lowest BCUT2D eigenvalue weighted by Gasteiger charge is -2.38. The van der Waals surface area contributed by atoms with Crippen molar-refractivity contribution >= 4 is 24.0 Å². The van der Waals surface area contributed by atoms with E-state index in [1.165, 1.54) is 30.0 Å². The molecule has 0 saturated heterocycles. The first-order valence-electron chi connectivity index (χ1n) is 8.72. The minimum atomic E-state index is -1.32. The van der Waals surface area contributed by atoms with Gasteiger partial charge in [-0.3, -0.25) is 0 Å². The van der Waals surface area contributed by atoms with Crippen LogP contribution < -0.4 is 5.19 Å². The lowest BCUT2D eigenvalue weighted by molar-refractivity contribution is 0.217. The van der Waals surface area contributed by atoms with E-state index in [1.54, 1.807) is 16.3 Å². The summed E-state index contributed by atoms with van der Waals surface area (Å²) in [5, 5.41) is 4.66. The zero-order valence-electron chi connectivity index (χ0n) is 15.1. The van der Waals surface area contributed by atoms with E-state index in [0.717, 1.165) is 5.92 Å². The second-order valence-electron chi connectivity index (χ2n) is 9.16. The Bertz CT molecular complexity index is 698. The molecule has 1 aliphatic rings. The zero-order valence-corrected chi connectivity index (χ0v) is 16.1. The van der Waals surface area contributed by atoms with Gasteiger partial charge in [-0.1, -0.05) is 75.9 Å². The van der Waals surface area contributed by atoms with E-state index in [9.17, 15) is 0 Å². The fourth-order valence-corrected chi connectivity index (χ4v) is 5.81. The summed E-state index contributed by atoms with van der Waals surface area (Å²) in [6, 6.07) is 11.5. The molecule has 0 spiro atoms. The van der Waals surface area contributed by atoms with Crippen LogP contribution >= 0.6 is 0 Å². The topological polar surface area (TPSA) is 0 Å². The molecule has 1 aliphatic carbocycles. The molecule has 0 aliphatic heterocycles. The maximum atomic E-state index is 2.52. The average Bonchev–Trinajstić information content (AvgIpc) is 2.44. The van der Waals surface area contributed by atoms with E-state index in [1.807, 2.05) is 0 Å². The van der Waals surface area contributed by atoms with Crippen LogP contribution in [0.5, 0.6) is 0 Å². The number of benzene rings is 2. The molecule has 0 nitrogen and oxygen atoms in total. The quantitative estimate of drug-likeness (QED) is 0.607. The molecule has 118 valence electrons. The highest BCUT2D eigenvalue weighted by molar-refractivity contribution is 6.89. The molecule has 1 unspecified atom stereocenters. The summed E-state index contributed by atoms with van der Waals surface area (Å²) < 4.78 is 0. The standard InChI is InChI=1S/C21H30Si/c1-21(2,3)16-11-12-18-17-10-8-7-9-15(17)13-20(19(18)14-16)22(4,5)6/h7-10,13,16H,11-12,14H2,1-6H3. The van der Waals surface area contributed by atoms with E-state index in [-0.39, 0.29) is 0 Å². The fraction of sp³-hybridized carbons (Fsp3) is 0.524. The van der Waals surface area contributed by atoms with Gasteiger partial charge >= 0.3 is 0 Å². The highest BCUT2D eigenvalue weighted by Crippen LogP contribution is 2.39. The lowest BCUT2D eigenvalue weighted by atomic mass is 9.70. The fourth-order valence-electron chi connectivity index (χ4n) is 4.06. The van der Waals surface area contributed by atoms with Crippen molar-refractivity contribution < 1.29 is 0 Å². The number of hydrogen-bond acceptors (Lipinski definition) is 0. The molecule has 0 N–H and O–H groups in total. The third-order valence-corrected chi connectivity index (χ3v) is 7.56. The highest BCUT2D eigenvalue weighted by Gasteiger charge is 2.33. The molecule has 1 heteroatoms. The van der Waals surface area contributed by atoms with Gasteiger partial charge < -0.3 is 0 Å². The Morgan fingerprint density at radius 1 is 1.00 bits per heavy atom. The Kier molecular flexibility index (Phi) is 3.76. The first kappa shape index (κ1) is 15.8. The van der Waals surface area contributed by atoms with Gasteiger partial charge in [-0.25, -0.2) is 0 Å². The van der Waals surface area contributed by atoms with Gasteiger partial charge in [0.15, 0.2) is 0 Å². The van der Waals surface area contributed by atoms with Crippen molar-refractivity contribution in [3.8, 4) is 0 Å². The SMILES string of the molecule is CC(C)(C)C1CCc2c(c([Si](C)(C)C)cc3ccccc23)C1. The average molecular weight is 311 g/mol. The lowest BCUT2D eigenvalue weighted by Crippen LogP contribution is -2.43. The zero-order chi connectivity index (χ0) is 16.1. The largest absolute Gasteiger partial charge is 0.0779 e. The van der Waals surface area contributed by atoms with E-state index in [2.05, 4.69) is 70.7 Å². The summed E-state index contributed by atoms with van der Waals surface area (Å²) >= 11 is 0. The molecule has 0 fully saturated rings. The van der Waals surface area contributed by atoms with Crippen LogP contribution in [0.2, 0.25) is 19.6 Å². The van der Waals surface area contributed by atoms with Gasteiger partial charge in [-0.05, 0) is 52.5 Å². The molecular formula is C21H30Si. The van der Waals surface area contributed by atoms with Gasteiger partial charge in [0.2, 0.25) is 0 Å². The molecule has 1 atom stereocenters. The summed E-state index contributed by atoms with van der Waals surface area (Å²) in [6.07, 6.45) is 3.88. The monoisotopic (exact) mass is 310 g/mol. The highest BCUT2D eigenvalue weighted by atomic mass is 28.3. The molecule has 0 radical (unpaired) electrons. The third kappa shape index (κ3) is 2.76. The maximum Gasteiger partial charge on any atom is 0.0779 e. The first-order chi connectivity index (χ1) is 10.2. The van der Waals surface area contributed by atoms with Crippen LogP contribution in [0.4, 0.5) is 0 Å². The summed E-state index contributed by atoms with van der Waals surface area (Å²) in [4.78, 5) is 0. The molecule has 2 aromatic rings. The molecule has 0 aromatic heterocycles. The number of aryl methyl sites for hydroxylation is 1. The second-order valence-corrected chi connectivity index (χ2v) is 14.2. The number of fused-ring (bicyclic) bond motifs is 3. The van der Waals surface area contributed by atoms with E-state index < -0.39 is 8.07 Å². The van der Waals surface area contributed by atoms with Crippen molar-refractivity contribution in [1.29, 1.82) is 0 Å². The molecule has 0 bridgehead atoms. The predicted molar refractivity (Wildman–Crippen MR) is 102 cm³/mol. The maximum absolute atomic E-state index is 2.52. The minimum Gasteiger partial charge on any atom is -0.0656 e. The van der Waals surface area contributed by atoms with E-state index >= 15 is 0 Å². The molecular weight excluding hydrogens is 280 g/mol. The van der Waals surface area contributed by atoms with Crippen molar-refractivity contribution in [3.05, 3.63) is 41.5 Å². The third-order valence-electron chi connectivity index (χ3n) is 5.50. The van der Waals surface area contributed by atoms with Gasteiger partial charge in [0.1, 0.15) is 0 Å². The van der Waals surface area contributed by atoms with Crippen molar-refractivity contribution in [3.63, 3.8) is 0 Å². The molecule has 0 heterocycles.